The van der Waals surface area contributed by atoms with Gasteiger partial charge in [-0.2, -0.15) is 0 Å². The van der Waals surface area contributed by atoms with Crippen LogP contribution < -0.4 is 0 Å². The van der Waals surface area contributed by atoms with Crippen molar-refractivity contribution >= 4 is 21.8 Å². The highest BCUT2D eigenvalue weighted by Crippen LogP contribution is 2.19. The minimum Gasteiger partial charge on any atom is -0.341 e. The van der Waals surface area contributed by atoms with Gasteiger partial charge in [-0.3, -0.25) is 4.79 Å². The van der Waals surface area contributed by atoms with Crippen molar-refractivity contribution in [2.75, 3.05) is 13.1 Å². The number of likely N-dealkylation sites (tertiary alicyclic amines) is 1. The molecule has 2 atom stereocenters. The van der Waals surface area contributed by atoms with Crippen molar-refractivity contribution in [3.8, 4) is 0 Å². The highest BCUT2D eigenvalue weighted by molar-refractivity contribution is 9.10. The summed E-state index contributed by atoms with van der Waals surface area (Å²) < 4.78 is 0. The van der Waals surface area contributed by atoms with Crippen LogP contribution in [-0.2, 0) is 4.79 Å². The molecule has 3 heteroatoms. The van der Waals surface area contributed by atoms with E-state index in [4.69, 9.17) is 0 Å². The lowest BCUT2D eigenvalue weighted by molar-refractivity contribution is -0.133. The van der Waals surface area contributed by atoms with Gasteiger partial charge in [0.05, 0.1) is 4.83 Å². The SMILES string of the molecule is CCC(C)CN1CCCC(Br)C1=O. The molecule has 1 heterocycles. The van der Waals surface area contributed by atoms with E-state index in [1.165, 1.54) is 0 Å². The molecule has 0 saturated carbocycles. The molecule has 13 heavy (non-hydrogen) atoms. The molecule has 2 unspecified atom stereocenters. The number of hydrogen-bond acceptors (Lipinski definition) is 1. The van der Waals surface area contributed by atoms with Crippen LogP contribution in [0.1, 0.15) is 33.1 Å². The Bertz CT molecular complexity index is 184. The van der Waals surface area contributed by atoms with E-state index >= 15 is 0 Å². The molecule has 0 N–H and O–H groups in total. The van der Waals surface area contributed by atoms with Gasteiger partial charge in [0.25, 0.3) is 0 Å². The third kappa shape index (κ3) is 2.97. The normalized spacial score (nSPS) is 26.2. The maximum atomic E-state index is 11.7. The highest BCUT2D eigenvalue weighted by Gasteiger charge is 2.26. The number of piperidine rings is 1. The number of halogens is 1. The van der Waals surface area contributed by atoms with Crippen LogP contribution in [0.2, 0.25) is 0 Å². The van der Waals surface area contributed by atoms with Gasteiger partial charge in [0.2, 0.25) is 5.91 Å². The Hall–Kier alpha value is -0.0500. The van der Waals surface area contributed by atoms with Crippen molar-refractivity contribution in [3.63, 3.8) is 0 Å². The molecule has 0 bridgehead atoms. The highest BCUT2D eigenvalue weighted by atomic mass is 79.9. The van der Waals surface area contributed by atoms with E-state index in [0.29, 0.717) is 5.92 Å². The minimum absolute atomic E-state index is 0.0744. The van der Waals surface area contributed by atoms with E-state index in [9.17, 15) is 4.79 Å². The van der Waals surface area contributed by atoms with Crippen LogP contribution in [0.15, 0.2) is 0 Å². The minimum atomic E-state index is 0.0744. The molecular weight excluding hydrogens is 230 g/mol. The van der Waals surface area contributed by atoms with Gasteiger partial charge in [0.1, 0.15) is 0 Å². The molecule has 1 saturated heterocycles. The molecule has 76 valence electrons. The third-order valence-corrected chi connectivity index (χ3v) is 3.54. The Balaban J connectivity index is 2.44. The monoisotopic (exact) mass is 247 g/mol. The molecule has 0 aromatic carbocycles. The number of rotatable bonds is 3. The second-order valence-corrected chi connectivity index (χ2v) is 5.01. The summed E-state index contributed by atoms with van der Waals surface area (Å²) >= 11 is 3.41. The molecule has 0 spiro atoms. The summed E-state index contributed by atoms with van der Waals surface area (Å²) in [7, 11) is 0. The van der Waals surface area contributed by atoms with Crippen LogP contribution in [0.25, 0.3) is 0 Å². The smallest absolute Gasteiger partial charge is 0.236 e. The van der Waals surface area contributed by atoms with E-state index in [1.54, 1.807) is 0 Å². The van der Waals surface area contributed by atoms with E-state index in [0.717, 1.165) is 32.4 Å². The first kappa shape index (κ1) is 11.0. The van der Waals surface area contributed by atoms with Gasteiger partial charge in [-0.25, -0.2) is 0 Å². The van der Waals surface area contributed by atoms with Crippen molar-refractivity contribution in [2.45, 2.75) is 37.9 Å². The third-order valence-electron chi connectivity index (χ3n) is 2.69. The summed E-state index contributed by atoms with van der Waals surface area (Å²) in [5.74, 6) is 0.910. The van der Waals surface area contributed by atoms with Gasteiger partial charge in [-0.15, -0.1) is 0 Å². The summed E-state index contributed by atoms with van der Waals surface area (Å²) in [6, 6.07) is 0. The van der Waals surface area contributed by atoms with Crippen LogP contribution in [0.5, 0.6) is 0 Å². The molecule has 1 rings (SSSR count). The van der Waals surface area contributed by atoms with E-state index in [-0.39, 0.29) is 10.7 Å². The van der Waals surface area contributed by atoms with Crippen LogP contribution in [0, 0.1) is 5.92 Å². The van der Waals surface area contributed by atoms with Gasteiger partial charge >= 0.3 is 0 Å². The fourth-order valence-corrected chi connectivity index (χ4v) is 2.19. The van der Waals surface area contributed by atoms with Crippen molar-refractivity contribution in [1.29, 1.82) is 0 Å². The van der Waals surface area contributed by atoms with Crippen LogP contribution in [0.4, 0.5) is 0 Å². The number of alkyl halides is 1. The molecule has 0 radical (unpaired) electrons. The maximum absolute atomic E-state index is 11.7. The zero-order valence-electron chi connectivity index (χ0n) is 8.42. The van der Waals surface area contributed by atoms with Gasteiger partial charge in [-0.1, -0.05) is 36.2 Å². The van der Waals surface area contributed by atoms with Crippen molar-refractivity contribution in [2.24, 2.45) is 5.92 Å². The molecule has 0 aromatic heterocycles. The second kappa shape index (κ2) is 4.99. The van der Waals surface area contributed by atoms with Crippen molar-refractivity contribution < 1.29 is 4.79 Å². The number of hydrogen-bond donors (Lipinski definition) is 0. The quantitative estimate of drug-likeness (QED) is 0.702. The van der Waals surface area contributed by atoms with Crippen molar-refractivity contribution in [3.05, 3.63) is 0 Å². The lowest BCUT2D eigenvalue weighted by Crippen LogP contribution is -2.43. The molecule has 1 amide bonds. The average molecular weight is 248 g/mol. The lowest BCUT2D eigenvalue weighted by Gasteiger charge is -2.31. The lowest BCUT2D eigenvalue weighted by atomic mass is 10.1. The largest absolute Gasteiger partial charge is 0.341 e. The number of nitrogens with zero attached hydrogens (tertiary/aromatic N) is 1. The first-order valence-corrected chi connectivity index (χ1v) is 5.99. The van der Waals surface area contributed by atoms with Gasteiger partial charge in [0, 0.05) is 13.1 Å². The first-order valence-electron chi connectivity index (χ1n) is 5.08. The maximum Gasteiger partial charge on any atom is 0.236 e. The fraction of sp³-hybridized carbons (Fsp3) is 0.900. The predicted molar refractivity (Wildman–Crippen MR) is 58.0 cm³/mol. The van der Waals surface area contributed by atoms with Crippen LogP contribution in [0.3, 0.4) is 0 Å². The first-order chi connectivity index (χ1) is 6.15. The molecule has 1 aliphatic rings. The summed E-state index contributed by atoms with van der Waals surface area (Å²) in [5.41, 5.74) is 0. The second-order valence-electron chi connectivity index (χ2n) is 3.91. The zero-order chi connectivity index (χ0) is 9.84. The molecule has 2 nitrogen and oxygen atoms in total. The Kier molecular flexibility index (Phi) is 4.23. The Morgan fingerprint density at radius 3 is 3.00 bits per heavy atom. The van der Waals surface area contributed by atoms with Gasteiger partial charge < -0.3 is 4.90 Å². The number of carbonyl (C=O) groups excluding carboxylic acids is 1. The fourth-order valence-electron chi connectivity index (χ4n) is 1.58. The Morgan fingerprint density at radius 2 is 2.38 bits per heavy atom. The molecule has 1 aliphatic heterocycles. The summed E-state index contributed by atoms with van der Waals surface area (Å²) in [6.45, 7) is 6.25. The topological polar surface area (TPSA) is 20.3 Å². The van der Waals surface area contributed by atoms with Crippen molar-refractivity contribution in [1.82, 2.24) is 4.90 Å². The molecule has 0 aromatic rings. The zero-order valence-corrected chi connectivity index (χ0v) is 10.0. The molecule has 1 fully saturated rings. The van der Waals surface area contributed by atoms with Crippen LogP contribution >= 0.6 is 15.9 Å². The summed E-state index contributed by atoms with van der Waals surface area (Å²) in [4.78, 5) is 13.7. The van der Waals surface area contributed by atoms with E-state index < -0.39 is 0 Å². The summed E-state index contributed by atoms with van der Waals surface area (Å²) in [6.07, 6.45) is 3.28. The van der Waals surface area contributed by atoms with E-state index in [1.807, 2.05) is 4.90 Å². The molecule has 0 aliphatic carbocycles. The van der Waals surface area contributed by atoms with E-state index in [2.05, 4.69) is 29.8 Å². The number of amides is 1. The average Bonchev–Trinajstić information content (AvgIpc) is 2.13. The molecular formula is C10H18BrNO. The Morgan fingerprint density at radius 1 is 1.69 bits per heavy atom. The standard InChI is InChI=1S/C10H18BrNO/c1-3-8(2)7-12-6-4-5-9(11)10(12)13/h8-9H,3-7H2,1-2H3. The predicted octanol–water partition coefficient (Wildman–Crippen LogP) is 2.42. The van der Waals surface area contributed by atoms with Crippen LogP contribution in [-0.4, -0.2) is 28.7 Å². The Labute approximate surface area is 88.8 Å². The van der Waals surface area contributed by atoms with Gasteiger partial charge in [0.15, 0.2) is 0 Å². The number of carbonyl (C=O) groups is 1. The van der Waals surface area contributed by atoms with Gasteiger partial charge in [-0.05, 0) is 18.8 Å². The summed E-state index contributed by atoms with van der Waals surface area (Å²) in [5, 5.41) is 0.